The molecule has 0 unspecified atom stereocenters. The molecule has 94 valence electrons. The molecule has 0 bridgehead atoms. The lowest BCUT2D eigenvalue weighted by Gasteiger charge is -2.08. The van der Waals surface area contributed by atoms with E-state index in [9.17, 15) is 4.79 Å². The summed E-state index contributed by atoms with van der Waals surface area (Å²) >= 11 is 11.7. The summed E-state index contributed by atoms with van der Waals surface area (Å²) in [6, 6.07) is 5.11. The molecule has 2 N–H and O–H groups in total. The topological polar surface area (TPSA) is 41.1 Å². The first-order valence-corrected chi connectivity index (χ1v) is 6.34. The lowest BCUT2D eigenvalue weighted by atomic mass is 10.3. The van der Waals surface area contributed by atoms with Crippen LogP contribution in [-0.4, -0.2) is 19.0 Å². The molecule has 0 aliphatic carbocycles. The molecular weight excluding hydrogens is 259 g/mol. The number of benzene rings is 1. The van der Waals surface area contributed by atoms with Crippen LogP contribution in [0.2, 0.25) is 10.0 Å². The SMILES string of the molecule is CCCCNC(=O)CNc1cc(Cl)cc(Cl)c1. The Morgan fingerprint density at radius 2 is 1.88 bits per heavy atom. The third kappa shape index (κ3) is 5.80. The van der Waals surface area contributed by atoms with Crippen LogP contribution in [0.5, 0.6) is 0 Å². The highest BCUT2D eigenvalue weighted by molar-refractivity contribution is 6.35. The van der Waals surface area contributed by atoms with Crippen molar-refractivity contribution in [1.82, 2.24) is 5.32 Å². The highest BCUT2D eigenvalue weighted by atomic mass is 35.5. The third-order valence-electron chi connectivity index (χ3n) is 2.17. The second-order valence-electron chi connectivity index (χ2n) is 3.72. The van der Waals surface area contributed by atoms with Gasteiger partial charge in [-0.05, 0) is 24.6 Å². The summed E-state index contributed by atoms with van der Waals surface area (Å²) in [5.74, 6) is -0.0328. The highest BCUT2D eigenvalue weighted by Gasteiger charge is 2.02. The fraction of sp³-hybridized carbons (Fsp3) is 0.417. The van der Waals surface area contributed by atoms with E-state index >= 15 is 0 Å². The molecule has 0 radical (unpaired) electrons. The van der Waals surface area contributed by atoms with Crippen molar-refractivity contribution in [2.75, 3.05) is 18.4 Å². The second-order valence-corrected chi connectivity index (χ2v) is 4.59. The van der Waals surface area contributed by atoms with Crippen molar-refractivity contribution < 1.29 is 4.79 Å². The molecule has 0 spiro atoms. The van der Waals surface area contributed by atoms with Gasteiger partial charge in [-0.15, -0.1) is 0 Å². The first kappa shape index (κ1) is 14.1. The number of anilines is 1. The molecule has 1 aromatic carbocycles. The van der Waals surface area contributed by atoms with E-state index in [4.69, 9.17) is 23.2 Å². The number of unbranched alkanes of at least 4 members (excludes halogenated alkanes) is 1. The molecule has 1 rings (SSSR count). The fourth-order valence-corrected chi connectivity index (χ4v) is 1.83. The number of halogens is 2. The van der Waals surface area contributed by atoms with Gasteiger partial charge in [0.15, 0.2) is 0 Å². The zero-order chi connectivity index (χ0) is 12.7. The average molecular weight is 275 g/mol. The molecule has 1 amide bonds. The maximum atomic E-state index is 11.4. The van der Waals surface area contributed by atoms with Crippen LogP contribution < -0.4 is 10.6 Å². The van der Waals surface area contributed by atoms with Gasteiger partial charge in [-0.1, -0.05) is 36.5 Å². The quantitative estimate of drug-likeness (QED) is 0.782. The fourth-order valence-electron chi connectivity index (χ4n) is 1.31. The van der Waals surface area contributed by atoms with Crippen LogP contribution in [0.3, 0.4) is 0 Å². The number of hydrogen-bond donors (Lipinski definition) is 2. The Labute approximate surface area is 111 Å². The number of carbonyl (C=O) groups is 1. The molecule has 0 atom stereocenters. The summed E-state index contributed by atoms with van der Waals surface area (Å²) in [5.41, 5.74) is 0.744. The number of hydrogen-bond acceptors (Lipinski definition) is 2. The summed E-state index contributed by atoms with van der Waals surface area (Å²) in [4.78, 5) is 11.4. The van der Waals surface area contributed by atoms with Crippen molar-refractivity contribution in [3.63, 3.8) is 0 Å². The minimum Gasteiger partial charge on any atom is -0.376 e. The number of nitrogens with one attached hydrogen (secondary N) is 2. The van der Waals surface area contributed by atoms with Gasteiger partial charge >= 0.3 is 0 Å². The number of rotatable bonds is 6. The zero-order valence-electron chi connectivity index (χ0n) is 9.72. The molecule has 0 heterocycles. The third-order valence-corrected chi connectivity index (χ3v) is 2.60. The molecule has 0 fully saturated rings. The molecule has 0 aliphatic rings. The number of amides is 1. The van der Waals surface area contributed by atoms with Gasteiger partial charge in [-0.25, -0.2) is 0 Å². The molecule has 5 heteroatoms. The minimum absolute atomic E-state index is 0.0328. The van der Waals surface area contributed by atoms with E-state index in [1.807, 2.05) is 0 Å². The van der Waals surface area contributed by atoms with Crippen LogP contribution in [0.15, 0.2) is 18.2 Å². The van der Waals surface area contributed by atoms with Crippen molar-refractivity contribution in [2.45, 2.75) is 19.8 Å². The van der Waals surface area contributed by atoms with Crippen molar-refractivity contribution in [3.05, 3.63) is 28.2 Å². The first-order chi connectivity index (χ1) is 8.11. The van der Waals surface area contributed by atoms with Gasteiger partial charge in [-0.2, -0.15) is 0 Å². The largest absolute Gasteiger partial charge is 0.376 e. The molecule has 0 aromatic heterocycles. The Hall–Kier alpha value is -0.930. The number of carbonyl (C=O) groups excluding carboxylic acids is 1. The van der Waals surface area contributed by atoms with Crippen LogP contribution in [0, 0.1) is 0 Å². The summed E-state index contributed by atoms with van der Waals surface area (Å²) in [6.45, 7) is 3.02. The summed E-state index contributed by atoms with van der Waals surface area (Å²) in [7, 11) is 0. The van der Waals surface area contributed by atoms with Gasteiger partial charge in [0.05, 0.1) is 6.54 Å². The van der Waals surface area contributed by atoms with Gasteiger partial charge in [0.1, 0.15) is 0 Å². The summed E-state index contributed by atoms with van der Waals surface area (Å²) < 4.78 is 0. The van der Waals surface area contributed by atoms with Crippen LogP contribution in [0.4, 0.5) is 5.69 Å². The van der Waals surface area contributed by atoms with E-state index < -0.39 is 0 Å². The van der Waals surface area contributed by atoms with Crippen LogP contribution >= 0.6 is 23.2 Å². The van der Waals surface area contributed by atoms with Crippen LogP contribution in [0.25, 0.3) is 0 Å². The first-order valence-electron chi connectivity index (χ1n) is 5.58. The maximum Gasteiger partial charge on any atom is 0.239 e. The van der Waals surface area contributed by atoms with Gasteiger partial charge in [0.25, 0.3) is 0 Å². The van der Waals surface area contributed by atoms with E-state index in [1.165, 1.54) is 0 Å². The van der Waals surface area contributed by atoms with Crippen molar-refractivity contribution in [2.24, 2.45) is 0 Å². The Morgan fingerprint density at radius 1 is 1.24 bits per heavy atom. The Morgan fingerprint density at radius 3 is 2.47 bits per heavy atom. The summed E-state index contributed by atoms with van der Waals surface area (Å²) in [5, 5.41) is 6.88. The predicted molar refractivity (Wildman–Crippen MR) is 72.9 cm³/mol. The maximum absolute atomic E-state index is 11.4. The monoisotopic (exact) mass is 274 g/mol. The van der Waals surface area contributed by atoms with Gasteiger partial charge in [0, 0.05) is 22.3 Å². The van der Waals surface area contributed by atoms with Gasteiger partial charge < -0.3 is 10.6 Å². The standard InChI is InChI=1S/C12H16Cl2N2O/c1-2-3-4-15-12(17)8-16-11-6-9(13)5-10(14)7-11/h5-7,16H,2-4,8H2,1H3,(H,15,17). The normalized spacial score (nSPS) is 10.1. The highest BCUT2D eigenvalue weighted by Crippen LogP contribution is 2.22. The molecule has 3 nitrogen and oxygen atoms in total. The Kier molecular flexibility index (Phi) is 6.16. The average Bonchev–Trinajstić information content (AvgIpc) is 2.25. The van der Waals surface area contributed by atoms with E-state index in [-0.39, 0.29) is 12.5 Å². The van der Waals surface area contributed by atoms with Gasteiger partial charge in [-0.3, -0.25) is 4.79 Å². The van der Waals surface area contributed by atoms with Crippen LogP contribution in [-0.2, 0) is 4.79 Å². The van der Waals surface area contributed by atoms with Gasteiger partial charge in [0.2, 0.25) is 5.91 Å². The van der Waals surface area contributed by atoms with Crippen molar-refractivity contribution in [3.8, 4) is 0 Å². The second kappa shape index (κ2) is 7.41. The van der Waals surface area contributed by atoms with E-state index in [1.54, 1.807) is 18.2 Å². The minimum atomic E-state index is -0.0328. The molecule has 17 heavy (non-hydrogen) atoms. The Bertz CT molecular complexity index is 363. The van der Waals surface area contributed by atoms with E-state index in [2.05, 4.69) is 17.6 Å². The summed E-state index contributed by atoms with van der Waals surface area (Å²) in [6.07, 6.45) is 2.06. The molecular formula is C12H16Cl2N2O. The molecule has 0 saturated heterocycles. The van der Waals surface area contributed by atoms with Crippen molar-refractivity contribution >= 4 is 34.8 Å². The Balaban J connectivity index is 2.36. The smallest absolute Gasteiger partial charge is 0.239 e. The molecule has 1 aromatic rings. The zero-order valence-corrected chi connectivity index (χ0v) is 11.2. The predicted octanol–water partition coefficient (Wildman–Crippen LogP) is 3.32. The molecule has 0 aliphatic heterocycles. The van der Waals surface area contributed by atoms with Crippen molar-refractivity contribution in [1.29, 1.82) is 0 Å². The van der Waals surface area contributed by atoms with E-state index in [0.717, 1.165) is 18.5 Å². The van der Waals surface area contributed by atoms with Crippen LogP contribution in [0.1, 0.15) is 19.8 Å². The lowest BCUT2D eigenvalue weighted by molar-refractivity contribution is -0.119. The van der Waals surface area contributed by atoms with E-state index in [0.29, 0.717) is 16.6 Å². The molecule has 0 saturated carbocycles. The lowest BCUT2D eigenvalue weighted by Crippen LogP contribution is -2.30.